The molecular weight excluding hydrogens is 362 g/mol. The van der Waals surface area contributed by atoms with E-state index in [9.17, 15) is 8.42 Å². The van der Waals surface area contributed by atoms with Gasteiger partial charge in [0.15, 0.2) is 0 Å². The minimum Gasteiger partial charge on any atom is -0.340 e. The van der Waals surface area contributed by atoms with Gasteiger partial charge in [0, 0.05) is 30.7 Å². The number of nitrogens with zero attached hydrogens (tertiary/aromatic N) is 3. The number of anilines is 2. The molecule has 1 aromatic carbocycles. The fraction of sp³-hybridized carbons (Fsp3) is 0.263. The predicted molar refractivity (Wildman–Crippen MR) is 106 cm³/mol. The van der Waals surface area contributed by atoms with E-state index in [1.165, 1.54) is 7.05 Å². The van der Waals surface area contributed by atoms with Crippen LogP contribution in [0.2, 0.25) is 0 Å². The second kappa shape index (κ2) is 7.50. The summed E-state index contributed by atoms with van der Waals surface area (Å²) in [6.45, 7) is 4.23. The third kappa shape index (κ3) is 4.17. The Morgan fingerprint density at radius 3 is 2.44 bits per heavy atom. The van der Waals surface area contributed by atoms with Crippen LogP contribution in [-0.4, -0.2) is 30.0 Å². The highest BCUT2D eigenvalue weighted by molar-refractivity contribution is 7.89. The lowest BCUT2D eigenvalue weighted by Crippen LogP contribution is -2.18. The molecule has 2 heterocycles. The molecule has 27 heavy (non-hydrogen) atoms. The number of imidazole rings is 1. The molecule has 0 bridgehead atoms. The minimum atomic E-state index is -3.55. The molecule has 2 N–H and O–H groups in total. The molecule has 0 saturated heterocycles. The molecule has 0 radical (unpaired) electrons. The Bertz CT molecular complexity index is 1040. The summed E-state index contributed by atoms with van der Waals surface area (Å²) in [5, 5.41) is 3.27. The smallest absolute Gasteiger partial charge is 0.240 e. The molecular formula is C19H23N5O2S. The average Bonchev–Trinajstić information content (AvgIpc) is 3.08. The van der Waals surface area contributed by atoms with E-state index in [0.29, 0.717) is 23.0 Å². The quantitative estimate of drug-likeness (QED) is 0.680. The highest BCUT2D eigenvalue weighted by Crippen LogP contribution is 2.31. The van der Waals surface area contributed by atoms with E-state index in [4.69, 9.17) is 0 Å². The van der Waals surface area contributed by atoms with Gasteiger partial charge in [0.05, 0.1) is 16.9 Å². The van der Waals surface area contributed by atoms with E-state index in [1.807, 2.05) is 36.1 Å². The van der Waals surface area contributed by atoms with E-state index < -0.39 is 10.0 Å². The number of benzene rings is 1. The molecule has 0 aliphatic carbocycles. The lowest BCUT2D eigenvalue weighted by Gasteiger charge is -2.13. The Morgan fingerprint density at radius 2 is 1.89 bits per heavy atom. The van der Waals surface area contributed by atoms with Gasteiger partial charge in [-0.1, -0.05) is 19.9 Å². The van der Waals surface area contributed by atoms with Crippen LogP contribution in [0.25, 0.3) is 11.3 Å². The summed E-state index contributed by atoms with van der Waals surface area (Å²) in [6.07, 6.45) is 5.35. The average molecular weight is 385 g/mol. The Labute approximate surface area is 159 Å². The van der Waals surface area contributed by atoms with Crippen LogP contribution in [-0.2, 0) is 17.1 Å². The molecule has 0 spiro atoms. The summed E-state index contributed by atoms with van der Waals surface area (Å²) in [7, 11) is -0.299. The van der Waals surface area contributed by atoms with E-state index in [2.05, 4.69) is 33.9 Å². The highest BCUT2D eigenvalue weighted by atomic mass is 32.2. The third-order valence-electron chi connectivity index (χ3n) is 4.27. The monoisotopic (exact) mass is 385 g/mol. The molecule has 7 nitrogen and oxygen atoms in total. The van der Waals surface area contributed by atoms with Crippen LogP contribution in [0.3, 0.4) is 0 Å². The second-order valence-corrected chi connectivity index (χ2v) is 8.48. The molecule has 3 aromatic rings. The maximum absolute atomic E-state index is 12.2. The van der Waals surface area contributed by atoms with Crippen molar-refractivity contribution in [1.29, 1.82) is 0 Å². The summed E-state index contributed by atoms with van der Waals surface area (Å²) in [5.41, 5.74) is 3.24. The molecule has 0 aliphatic heterocycles. The van der Waals surface area contributed by atoms with Crippen molar-refractivity contribution in [2.75, 3.05) is 12.4 Å². The predicted octanol–water partition coefficient (Wildman–Crippen LogP) is 3.26. The lowest BCUT2D eigenvalue weighted by molar-refractivity contribution is 0.588. The first-order chi connectivity index (χ1) is 12.8. The maximum atomic E-state index is 12.2. The van der Waals surface area contributed by atoms with Crippen molar-refractivity contribution in [2.45, 2.75) is 24.7 Å². The molecule has 0 atom stereocenters. The number of pyridine rings is 1. The molecule has 142 valence electrons. The number of aryl methyl sites for hydroxylation is 1. The van der Waals surface area contributed by atoms with Crippen molar-refractivity contribution in [3.05, 3.63) is 54.6 Å². The molecule has 0 aliphatic rings. The molecule has 0 unspecified atom stereocenters. The Kier molecular flexibility index (Phi) is 5.29. The van der Waals surface area contributed by atoms with Crippen LogP contribution in [0.1, 0.15) is 25.3 Å². The molecule has 2 aromatic heterocycles. The first kappa shape index (κ1) is 19.1. The van der Waals surface area contributed by atoms with E-state index in [0.717, 1.165) is 11.3 Å². The standard InChI is InChI=1S/C19H23N5O2S/c1-13(2)14-5-8-19(21-10-14)23-17-7-6-15(27(25,26)20-3)9-16(17)18-11-24(4)12-22-18/h5-13,20H,1-4H3,(H,21,23). The van der Waals surface area contributed by atoms with Gasteiger partial charge in [-0.15, -0.1) is 0 Å². The summed E-state index contributed by atoms with van der Waals surface area (Å²) in [6, 6.07) is 8.84. The van der Waals surface area contributed by atoms with Gasteiger partial charge in [-0.25, -0.2) is 23.1 Å². The van der Waals surface area contributed by atoms with Gasteiger partial charge >= 0.3 is 0 Å². The zero-order valence-corrected chi connectivity index (χ0v) is 16.6. The van der Waals surface area contributed by atoms with Gasteiger partial charge in [-0.05, 0) is 42.8 Å². The summed E-state index contributed by atoms with van der Waals surface area (Å²) in [4.78, 5) is 9.00. The number of sulfonamides is 1. The fourth-order valence-corrected chi connectivity index (χ4v) is 3.40. The Balaban J connectivity index is 2.03. The number of nitrogens with one attached hydrogen (secondary N) is 2. The van der Waals surface area contributed by atoms with Crippen molar-refractivity contribution in [1.82, 2.24) is 19.3 Å². The summed E-state index contributed by atoms with van der Waals surface area (Å²) >= 11 is 0. The van der Waals surface area contributed by atoms with Crippen LogP contribution in [0, 0.1) is 0 Å². The van der Waals surface area contributed by atoms with Crippen molar-refractivity contribution in [3.63, 3.8) is 0 Å². The lowest BCUT2D eigenvalue weighted by atomic mass is 10.1. The zero-order valence-electron chi connectivity index (χ0n) is 15.8. The van der Waals surface area contributed by atoms with Gasteiger partial charge in [0.25, 0.3) is 0 Å². The van der Waals surface area contributed by atoms with Crippen LogP contribution < -0.4 is 10.0 Å². The van der Waals surface area contributed by atoms with Gasteiger partial charge in [0.1, 0.15) is 5.82 Å². The van der Waals surface area contributed by atoms with Crippen LogP contribution in [0.15, 0.2) is 53.9 Å². The number of rotatable bonds is 6. The molecule has 8 heteroatoms. The van der Waals surface area contributed by atoms with Crippen LogP contribution in [0.4, 0.5) is 11.5 Å². The van der Waals surface area contributed by atoms with Crippen molar-refractivity contribution < 1.29 is 8.42 Å². The van der Waals surface area contributed by atoms with Gasteiger partial charge in [-0.3, -0.25) is 0 Å². The van der Waals surface area contributed by atoms with Gasteiger partial charge in [-0.2, -0.15) is 0 Å². The maximum Gasteiger partial charge on any atom is 0.240 e. The summed E-state index contributed by atoms with van der Waals surface area (Å²) < 4.78 is 28.5. The summed E-state index contributed by atoms with van der Waals surface area (Å²) in [5.74, 6) is 1.09. The highest BCUT2D eigenvalue weighted by Gasteiger charge is 2.16. The third-order valence-corrected chi connectivity index (χ3v) is 5.68. The largest absolute Gasteiger partial charge is 0.340 e. The number of aromatic nitrogens is 3. The fourth-order valence-electron chi connectivity index (χ4n) is 2.64. The van der Waals surface area contributed by atoms with Gasteiger partial charge < -0.3 is 9.88 Å². The van der Waals surface area contributed by atoms with Crippen molar-refractivity contribution in [3.8, 4) is 11.3 Å². The van der Waals surface area contributed by atoms with Crippen molar-refractivity contribution >= 4 is 21.5 Å². The second-order valence-electron chi connectivity index (χ2n) is 6.60. The van der Waals surface area contributed by atoms with Crippen LogP contribution in [0.5, 0.6) is 0 Å². The molecule has 0 saturated carbocycles. The van der Waals surface area contributed by atoms with Crippen LogP contribution >= 0.6 is 0 Å². The minimum absolute atomic E-state index is 0.180. The van der Waals surface area contributed by atoms with Gasteiger partial charge in [0.2, 0.25) is 10.0 Å². The van der Waals surface area contributed by atoms with E-state index in [1.54, 1.807) is 24.5 Å². The SMILES string of the molecule is CNS(=O)(=O)c1ccc(Nc2ccc(C(C)C)cn2)c(-c2cn(C)cn2)c1. The van der Waals surface area contributed by atoms with Crippen molar-refractivity contribution in [2.24, 2.45) is 7.05 Å². The first-order valence-corrected chi connectivity index (χ1v) is 10.1. The topological polar surface area (TPSA) is 88.9 Å². The molecule has 3 rings (SSSR count). The first-order valence-electron chi connectivity index (χ1n) is 8.59. The number of hydrogen-bond donors (Lipinski definition) is 2. The molecule has 0 fully saturated rings. The Morgan fingerprint density at radius 1 is 1.11 bits per heavy atom. The van der Waals surface area contributed by atoms with E-state index >= 15 is 0 Å². The zero-order chi connectivity index (χ0) is 19.6. The molecule has 0 amide bonds. The number of hydrogen-bond acceptors (Lipinski definition) is 5. The Hall–Kier alpha value is -2.71. The normalized spacial score (nSPS) is 11.7. The van der Waals surface area contributed by atoms with E-state index in [-0.39, 0.29) is 4.90 Å².